The van der Waals surface area contributed by atoms with Crippen LogP contribution in [0.3, 0.4) is 0 Å². The summed E-state index contributed by atoms with van der Waals surface area (Å²) in [5, 5.41) is 0. The van der Waals surface area contributed by atoms with Crippen molar-refractivity contribution in [2.75, 3.05) is 18.1 Å². The van der Waals surface area contributed by atoms with Crippen LogP contribution in [0.2, 0.25) is 0 Å². The van der Waals surface area contributed by atoms with E-state index in [2.05, 4.69) is 6.92 Å². The Labute approximate surface area is 146 Å². The second-order valence-corrected chi connectivity index (χ2v) is 10.4. The lowest BCUT2D eigenvalue weighted by molar-refractivity contribution is -0.190. The number of thioether (sulfide) groups is 2. The maximum absolute atomic E-state index is 11.6. The SMILES string of the molecule is CC(=O)OC1C(CC2(C)SCCCS2)OCC2OC(C)(C)OC21. The molecule has 4 unspecified atom stereocenters. The van der Waals surface area contributed by atoms with Gasteiger partial charge < -0.3 is 18.9 Å². The number of rotatable bonds is 3. The molecule has 0 aliphatic carbocycles. The minimum atomic E-state index is -0.662. The van der Waals surface area contributed by atoms with E-state index in [4.69, 9.17) is 18.9 Å². The number of carbonyl (C=O) groups is 1. The molecule has 0 spiro atoms. The Morgan fingerprint density at radius 1 is 1.22 bits per heavy atom. The largest absolute Gasteiger partial charge is 0.457 e. The molecule has 5 nitrogen and oxygen atoms in total. The van der Waals surface area contributed by atoms with Gasteiger partial charge in [0, 0.05) is 13.3 Å². The molecular weight excluding hydrogens is 336 g/mol. The van der Waals surface area contributed by atoms with Crippen LogP contribution >= 0.6 is 23.5 Å². The summed E-state index contributed by atoms with van der Waals surface area (Å²) in [6.45, 7) is 7.96. The fraction of sp³-hybridized carbons (Fsp3) is 0.938. The molecule has 7 heteroatoms. The minimum absolute atomic E-state index is 0.100. The molecule has 0 bridgehead atoms. The van der Waals surface area contributed by atoms with Gasteiger partial charge in [0.2, 0.25) is 0 Å². The standard InChI is InChI=1S/C16H26O5S2/c1-10(17)19-13-11(8-16(4)22-6-5-7-23-16)18-9-12-14(13)21-15(2,3)20-12/h11-14H,5-9H2,1-4H3. The highest BCUT2D eigenvalue weighted by Crippen LogP contribution is 2.47. The Kier molecular flexibility index (Phi) is 5.24. The number of fused-ring (bicyclic) bond motifs is 1. The lowest BCUT2D eigenvalue weighted by Gasteiger charge is -2.42. The van der Waals surface area contributed by atoms with Crippen molar-refractivity contribution >= 4 is 29.5 Å². The molecule has 0 radical (unpaired) electrons. The third-order valence-electron chi connectivity index (χ3n) is 4.36. The molecule has 3 rings (SSSR count). The van der Waals surface area contributed by atoms with Crippen molar-refractivity contribution in [3.63, 3.8) is 0 Å². The van der Waals surface area contributed by atoms with Crippen molar-refractivity contribution < 1.29 is 23.7 Å². The molecular formula is C16H26O5S2. The normalized spacial score (nSPS) is 38.8. The van der Waals surface area contributed by atoms with E-state index in [9.17, 15) is 4.79 Å². The monoisotopic (exact) mass is 362 g/mol. The maximum Gasteiger partial charge on any atom is 0.303 e. The van der Waals surface area contributed by atoms with Crippen LogP contribution in [-0.2, 0) is 23.7 Å². The van der Waals surface area contributed by atoms with E-state index in [1.54, 1.807) is 0 Å². The van der Waals surface area contributed by atoms with Crippen LogP contribution in [0.5, 0.6) is 0 Å². The zero-order valence-electron chi connectivity index (χ0n) is 14.2. The molecule has 132 valence electrons. The van der Waals surface area contributed by atoms with Gasteiger partial charge in [-0.3, -0.25) is 4.79 Å². The maximum atomic E-state index is 11.6. The average Bonchev–Trinajstić information content (AvgIpc) is 2.76. The molecule has 23 heavy (non-hydrogen) atoms. The van der Waals surface area contributed by atoms with Gasteiger partial charge in [0.05, 0.1) is 16.8 Å². The first kappa shape index (κ1) is 17.9. The average molecular weight is 363 g/mol. The Bertz CT molecular complexity index is 450. The molecule has 0 amide bonds. The molecule has 0 aromatic rings. The molecule has 0 aromatic carbocycles. The summed E-state index contributed by atoms with van der Waals surface area (Å²) < 4.78 is 23.7. The van der Waals surface area contributed by atoms with Crippen molar-refractivity contribution in [1.82, 2.24) is 0 Å². The number of ether oxygens (including phenoxy) is 4. The van der Waals surface area contributed by atoms with Crippen molar-refractivity contribution in [1.29, 1.82) is 0 Å². The summed E-state index contributed by atoms with van der Waals surface area (Å²) in [7, 11) is 0. The summed E-state index contributed by atoms with van der Waals surface area (Å²) in [4.78, 5) is 11.6. The topological polar surface area (TPSA) is 54.0 Å². The summed E-state index contributed by atoms with van der Waals surface area (Å²) in [6.07, 6.45) is 1.10. The van der Waals surface area contributed by atoms with E-state index in [1.165, 1.54) is 24.9 Å². The van der Waals surface area contributed by atoms with Gasteiger partial charge in [-0.2, -0.15) is 0 Å². The lowest BCUT2D eigenvalue weighted by atomic mass is 9.96. The van der Waals surface area contributed by atoms with Crippen LogP contribution in [0.15, 0.2) is 0 Å². The molecule has 3 heterocycles. The van der Waals surface area contributed by atoms with Crippen LogP contribution in [0.4, 0.5) is 0 Å². The minimum Gasteiger partial charge on any atom is -0.457 e. The van der Waals surface area contributed by atoms with E-state index >= 15 is 0 Å². The highest BCUT2D eigenvalue weighted by Gasteiger charge is 2.53. The van der Waals surface area contributed by atoms with E-state index < -0.39 is 11.9 Å². The third kappa shape index (κ3) is 4.18. The van der Waals surface area contributed by atoms with Gasteiger partial charge >= 0.3 is 5.97 Å². The predicted octanol–water partition coefficient (Wildman–Crippen LogP) is 2.81. The van der Waals surface area contributed by atoms with Gasteiger partial charge in [0.15, 0.2) is 11.9 Å². The van der Waals surface area contributed by atoms with Crippen LogP contribution in [0.25, 0.3) is 0 Å². The lowest BCUT2D eigenvalue weighted by Crippen LogP contribution is -2.54. The van der Waals surface area contributed by atoms with Crippen molar-refractivity contribution in [2.45, 2.75) is 74.8 Å². The fourth-order valence-corrected chi connectivity index (χ4v) is 6.49. The Morgan fingerprint density at radius 3 is 2.57 bits per heavy atom. The molecule has 3 fully saturated rings. The second kappa shape index (κ2) is 6.75. The number of esters is 1. The van der Waals surface area contributed by atoms with Crippen LogP contribution in [0.1, 0.15) is 40.5 Å². The Hall–Kier alpha value is 0.0500. The first-order valence-electron chi connectivity index (χ1n) is 8.20. The molecule has 3 aliphatic heterocycles. The zero-order valence-corrected chi connectivity index (χ0v) is 15.8. The molecule has 4 atom stereocenters. The molecule has 3 aliphatic rings. The molecule has 0 aromatic heterocycles. The summed E-state index contributed by atoms with van der Waals surface area (Å²) in [5.74, 6) is 1.39. The van der Waals surface area contributed by atoms with Gasteiger partial charge in [-0.15, -0.1) is 23.5 Å². The smallest absolute Gasteiger partial charge is 0.303 e. The van der Waals surface area contributed by atoms with Crippen molar-refractivity contribution in [3.8, 4) is 0 Å². The highest BCUT2D eigenvalue weighted by molar-refractivity contribution is 8.18. The van der Waals surface area contributed by atoms with E-state index in [0.29, 0.717) is 6.61 Å². The molecule has 3 saturated heterocycles. The van der Waals surface area contributed by atoms with Gasteiger partial charge in [-0.05, 0) is 38.7 Å². The van der Waals surface area contributed by atoms with Gasteiger partial charge in [0.25, 0.3) is 0 Å². The molecule has 0 saturated carbocycles. The van der Waals surface area contributed by atoms with Gasteiger partial charge in [-0.25, -0.2) is 0 Å². The second-order valence-electron chi connectivity index (χ2n) is 6.97. The highest BCUT2D eigenvalue weighted by atomic mass is 32.2. The summed E-state index contributed by atoms with van der Waals surface area (Å²) in [5.41, 5.74) is 0. The van der Waals surface area contributed by atoms with Crippen molar-refractivity contribution in [3.05, 3.63) is 0 Å². The fourth-order valence-electron chi connectivity index (χ4n) is 3.47. The Morgan fingerprint density at radius 2 is 1.91 bits per heavy atom. The number of hydrogen-bond donors (Lipinski definition) is 0. The van der Waals surface area contributed by atoms with Crippen LogP contribution in [0, 0.1) is 0 Å². The quantitative estimate of drug-likeness (QED) is 0.716. The zero-order chi connectivity index (χ0) is 16.7. The third-order valence-corrected chi connectivity index (χ3v) is 7.61. The summed E-state index contributed by atoms with van der Waals surface area (Å²) >= 11 is 3.95. The Balaban J connectivity index is 1.74. The van der Waals surface area contributed by atoms with Gasteiger partial charge in [-0.1, -0.05) is 0 Å². The number of carbonyl (C=O) groups excluding carboxylic acids is 1. The first-order chi connectivity index (χ1) is 10.8. The summed E-state index contributed by atoms with van der Waals surface area (Å²) in [6, 6.07) is 0. The molecule has 0 N–H and O–H groups in total. The number of hydrogen-bond acceptors (Lipinski definition) is 7. The van der Waals surface area contributed by atoms with E-state index in [1.807, 2.05) is 37.4 Å². The van der Waals surface area contributed by atoms with E-state index in [-0.39, 0.29) is 28.4 Å². The van der Waals surface area contributed by atoms with Crippen LogP contribution in [-0.4, -0.2) is 58.4 Å². The predicted molar refractivity (Wildman–Crippen MR) is 91.7 cm³/mol. The van der Waals surface area contributed by atoms with E-state index in [0.717, 1.165) is 6.42 Å². The van der Waals surface area contributed by atoms with Gasteiger partial charge in [0.1, 0.15) is 12.2 Å². The van der Waals surface area contributed by atoms with Crippen LogP contribution < -0.4 is 0 Å². The van der Waals surface area contributed by atoms with Crippen molar-refractivity contribution in [2.24, 2.45) is 0 Å². The first-order valence-corrected chi connectivity index (χ1v) is 10.2.